The Balaban J connectivity index is 2.22. The number of amides is 1. The van der Waals surface area contributed by atoms with Gasteiger partial charge in [-0.2, -0.15) is 13.2 Å². The van der Waals surface area contributed by atoms with Crippen LogP contribution in [0.15, 0.2) is 24.3 Å². The van der Waals surface area contributed by atoms with E-state index in [1.807, 2.05) is 0 Å². The normalized spacial score (nSPS) is 24.2. The van der Waals surface area contributed by atoms with Gasteiger partial charge in [-0.25, -0.2) is 4.39 Å². The van der Waals surface area contributed by atoms with Gasteiger partial charge in [-0.1, -0.05) is 6.07 Å². The van der Waals surface area contributed by atoms with E-state index in [4.69, 9.17) is 0 Å². The summed E-state index contributed by atoms with van der Waals surface area (Å²) < 4.78 is 52.2. The molecule has 116 valence electrons. The average molecular weight is 304 g/mol. The van der Waals surface area contributed by atoms with Crippen LogP contribution < -0.4 is 0 Å². The number of halogens is 4. The summed E-state index contributed by atoms with van der Waals surface area (Å²) in [7, 11) is 1.40. The average Bonchev–Trinajstić information content (AvgIpc) is 2.39. The molecule has 1 fully saturated rings. The third-order valence-corrected chi connectivity index (χ3v) is 3.80. The predicted octanol–water partition coefficient (Wildman–Crippen LogP) is 2.53. The number of piperazine rings is 1. The van der Waals surface area contributed by atoms with Crippen LogP contribution in [0.1, 0.15) is 17.3 Å². The lowest BCUT2D eigenvalue weighted by Gasteiger charge is -2.44. The van der Waals surface area contributed by atoms with Gasteiger partial charge < -0.3 is 4.90 Å². The van der Waals surface area contributed by atoms with Crippen LogP contribution in [0.25, 0.3) is 0 Å². The van der Waals surface area contributed by atoms with E-state index in [0.717, 1.165) is 11.0 Å². The molecule has 2 atom stereocenters. The predicted molar refractivity (Wildman–Crippen MR) is 69.4 cm³/mol. The molecule has 1 aliphatic heterocycles. The highest BCUT2D eigenvalue weighted by atomic mass is 19.4. The number of carbonyl (C=O) groups is 1. The lowest BCUT2D eigenvalue weighted by molar-refractivity contribution is -0.197. The Morgan fingerprint density at radius 2 is 1.95 bits per heavy atom. The number of likely N-dealkylation sites (N-methyl/N-ethyl adjacent to an activating group) is 1. The van der Waals surface area contributed by atoms with Gasteiger partial charge in [-0.05, 0) is 32.2 Å². The SMILES string of the molecule is CC1CN(C(=O)c2cccc(F)c2)CC(C(F)(F)F)N1C. The van der Waals surface area contributed by atoms with E-state index in [9.17, 15) is 22.4 Å². The molecule has 2 unspecified atom stereocenters. The van der Waals surface area contributed by atoms with Gasteiger partial charge in [0.15, 0.2) is 0 Å². The molecule has 0 N–H and O–H groups in total. The fourth-order valence-corrected chi connectivity index (χ4v) is 2.47. The summed E-state index contributed by atoms with van der Waals surface area (Å²) in [5, 5.41) is 0. The maximum atomic E-state index is 13.1. The Morgan fingerprint density at radius 1 is 1.29 bits per heavy atom. The van der Waals surface area contributed by atoms with Crippen LogP contribution in [-0.2, 0) is 0 Å². The molecule has 7 heteroatoms. The van der Waals surface area contributed by atoms with Crippen LogP contribution in [0.2, 0.25) is 0 Å². The van der Waals surface area contributed by atoms with Crippen LogP contribution in [0.3, 0.4) is 0 Å². The van der Waals surface area contributed by atoms with Gasteiger partial charge in [0.2, 0.25) is 0 Å². The fourth-order valence-electron chi connectivity index (χ4n) is 2.47. The van der Waals surface area contributed by atoms with Crippen LogP contribution in [0, 0.1) is 5.82 Å². The van der Waals surface area contributed by atoms with Crippen LogP contribution in [-0.4, -0.2) is 54.1 Å². The first-order chi connectivity index (χ1) is 9.70. The topological polar surface area (TPSA) is 23.6 Å². The molecule has 1 saturated heterocycles. The minimum absolute atomic E-state index is 0.0627. The second kappa shape index (κ2) is 5.63. The Hall–Kier alpha value is -1.63. The molecule has 1 aromatic rings. The van der Waals surface area contributed by atoms with Gasteiger partial charge in [0.05, 0.1) is 0 Å². The summed E-state index contributed by atoms with van der Waals surface area (Å²) >= 11 is 0. The van der Waals surface area contributed by atoms with E-state index in [0.29, 0.717) is 0 Å². The summed E-state index contributed by atoms with van der Waals surface area (Å²) in [4.78, 5) is 14.6. The lowest BCUT2D eigenvalue weighted by Crippen LogP contribution is -2.62. The third-order valence-electron chi connectivity index (χ3n) is 3.80. The number of hydrogen-bond acceptors (Lipinski definition) is 2. The molecule has 0 aliphatic carbocycles. The Bertz CT molecular complexity index is 532. The first kappa shape index (κ1) is 15.8. The number of alkyl halides is 3. The Morgan fingerprint density at radius 3 is 2.52 bits per heavy atom. The lowest BCUT2D eigenvalue weighted by atomic mass is 10.1. The Kier molecular flexibility index (Phi) is 4.22. The second-order valence-electron chi connectivity index (χ2n) is 5.29. The van der Waals surface area contributed by atoms with Gasteiger partial charge in [0, 0.05) is 24.7 Å². The van der Waals surface area contributed by atoms with Gasteiger partial charge in [0.25, 0.3) is 5.91 Å². The quantitative estimate of drug-likeness (QED) is 0.744. The summed E-state index contributed by atoms with van der Waals surface area (Å²) in [6.45, 7) is 1.36. The van der Waals surface area contributed by atoms with E-state index in [1.54, 1.807) is 6.92 Å². The molecular weight excluding hydrogens is 288 g/mol. The van der Waals surface area contributed by atoms with Crippen LogP contribution in [0.5, 0.6) is 0 Å². The van der Waals surface area contributed by atoms with Gasteiger partial charge >= 0.3 is 6.18 Å². The van der Waals surface area contributed by atoms with Gasteiger partial charge in [-0.15, -0.1) is 0 Å². The number of carbonyl (C=O) groups excluding carboxylic acids is 1. The first-order valence-corrected chi connectivity index (χ1v) is 6.53. The highest BCUT2D eigenvalue weighted by Gasteiger charge is 2.47. The van der Waals surface area contributed by atoms with Crippen molar-refractivity contribution in [1.82, 2.24) is 9.80 Å². The minimum atomic E-state index is -4.41. The van der Waals surface area contributed by atoms with Crippen LogP contribution in [0.4, 0.5) is 17.6 Å². The zero-order chi connectivity index (χ0) is 15.8. The van der Waals surface area contributed by atoms with E-state index < -0.39 is 36.5 Å². The van der Waals surface area contributed by atoms with Gasteiger partial charge in [0.1, 0.15) is 11.9 Å². The highest BCUT2D eigenvalue weighted by Crippen LogP contribution is 2.29. The van der Waals surface area contributed by atoms with Crippen molar-refractivity contribution in [2.45, 2.75) is 25.2 Å². The molecule has 0 spiro atoms. The summed E-state index contributed by atoms with van der Waals surface area (Å²) in [6, 6.07) is 2.84. The minimum Gasteiger partial charge on any atom is -0.335 e. The summed E-state index contributed by atoms with van der Waals surface area (Å²) in [5.74, 6) is -1.17. The smallest absolute Gasteiger partial charge is 0.335 e. The van der Waals surface area contributed by atoms with Crippen molar-refractivity contribution in [3.8, 4) is 0 Å². The molecule has 0 saturated carbocycles. The molecule has 1 aromatic carbocycles. The number of hydrogen-bond donors (Lipinski definition) is 0. The molecule has 0 radical (unpaired) electrons. The molecule has 1 aliphatic rings. The van der Waals surface area contributed by atoms with E-state index in [2.05, 4.69) is 0 Å². The van der Waals surface area contributed by atoms with Crippen molar-refractivity contribution in [1.29, 1.82) is 0 Å². The molecule has 2 rings (SSSR count). The Labute approximate surface area is 120 Å². The van der Waals surface area contributed by atoms with Crippen molar-refractivity contribution < 1.29 is 22.4 Å². The second-order valence-corrected chi connectivity index (χ2v) is 5.29. The summed E-state index contributed by atoms with van der Waals surface area (Å²) in [5.41, 5.74) is 0.0627. The maximum Gasteiger partial charge on any atom is 0.405 e. The molecule has 1 amide bonds. The standard InChI is InChI=1S/C14H16F4N2O/c1-9-7-20(8-12(19(9)2)14(16,17)18)13(21)10-4-3-5-11(15)6-10/h3-6,9,12H,7-8H2,1-2H3. The van der Waals surface area contributed by atoms with E-state index in [-0.39, 0.29) is 12.1 Å². The van der Waals surface area contributed by atoms with E-state index >= 15 is 0 Å². The van der Waals surface area contributed by atoms with Crippen molar-refractivity contribution in [3.05, 3.63) is 35.6 Å². The van der Waals surface area contributed by atoms with Crippen molar-refractivity contribution in [2.24, 2.45) is 0 Å². The number of rotatable bonds is 1. The fraction of sp³-hybridized carbons (Fsp3) is 0.500. The van der Waals surface area contributed by atoms with Crippen molar-refractivity contribution >= 4 is 5.91 Å². The maximum absolute atomic E-state index is 13.1. The van der Waals surface area contributed by atoms with Crippen molar-refractivity contribution in [3.63, 3.8) is 0 Å². The van der Waals surface area contributed by atoms with Crippen LogP contribution >= 0.6 is 0 Å². The summed E-state index contributed by atoms with van der Waals surface area (Å²) in [6.07, 6.45) is -4.41. The molecule has 0 bridgehead atoms. The largest absolute Gasteiger partial charge is 0.405 e. The molecule has 3 nitrogen and oxygen atoms in total. The van der Waals surface area contributed by atoms with Gasteiger partial charge in [-0.3, -0.25) is 9.69 Å². The first-order valence-electron chi connectivity index (χ1n) is 6.53. The van der Waals surface area contributed by atoms with Crippen molar-refractivity contribution in [2.75, 3.05) is 20.1 Å². The zero-order valence-electron chi connectivity index (χ0n) is 11.7. The molecule has 1 heterocycles. The number of benzene rings is 1. The highest BCUT2D eigenvalue weighted by molar-refractivity contribution is 5.94. The number of nitrogens with zero attached hydrogens (tertiary/aromatic N) is 2. The van der Waals surface area contributed by atoms with E-state index in [1.165, 1.54) is 30.1 Å². The third kappa shape index (κ3) is 3.34. The monoisotopic (exact) mass is 304 g/mol. The molecular formula is C14H16F4N2O. The zero-order valence-corrected chi connectivity index (χ0v) is 11.7. The molecule has 0 aromatic heterocycles. The molecule has 21 heavy (non-hydrogen) atoms.